The van der Waals surface area contributed by atoms with Crippen LogP contribution in [0, 0.1) is 0 Å². The van der Waals surface area contributed by atoms with Crippen LogP contribution in [0.25, 0.3) is 21.5 Å². The summed E-state index contributed by atoms with van der Waals surface area (Å²) in [6.07, 6.45) is 5.05. The fourth-order valence-corrected chi connectivity index (χ4v) is 4.16. The van der Waals surface area contributed by atoms with Crippen LogP contribution in [0.4, 0.5) is 0 Å². The lowest BCUT2D eigenvalue weighted by atomic mass is 9.83. The Bertz CT molecular complexity index is 998. The highest BCUT2D eigenvalue weighted by atomic mass is 14.2. The van der Waals surface area contributed by atoms with Crippen molar-refractivity contribution in [2.75, 3.05) is 0 Å². The molecule has 0 aromatic heterocycles. The Morgan fingerprint density at radius 2 is 1.31 bits per heavy atom. The van der Waals surface area contributed by atoms with Gasteiger partial charge in [0, 0.05) is 5.92 Å². The molecule has 0 radical (unpaired) electrons. The average molecular weight is 338 g/mol. The summed E-state index contributed by atoms with van der Waals surface area (Å²) < 4.78 is 0. The molecule has 0 saturated carbocycles. The quantitative estimate of drug-likeness (QED) is 0.249. The Hall–Kier alpha value is -2.60. The van der Waals surface area contributed by atoms with Crippen LogP contribution in [0.15, 0.2) is 84.9 Å². The molecule has 0 saturated heterocycles. The molecule has 0 N–H and O–H groups in total. The fourth-order valence-electron chi connectivity index (χ4n) is 4.16. The number of hydrogen-bond donors (Lipinski definition) is 0. The van der Waals surface area contributed by atoms with E-state index in [1.807, 2.05) is 0 Å². The van der Waals surface area contributed by atoms with Crippen molar-refractivity contribution in [1.82, 2.24) is 0 Å². The van der Waals surface area contributed by atoms with Gasteiger partial charge in [0.15, 0.2) is 0 Å². The first-order chi connectivity index (χ1) is 12.9. The molecule has 0 amide bonds. The zero-order valence-electron chi connectivity index (χ0n) is 15.5. The lowest BCUT2D eigenvalue weighted by Gasteiger charge is -2.21. The maximum absolute atomic E-state index is 2.43. The van der Waals surface area contributed by atoms with Crippen LogP contribution < -0.4 is 0 Å². The summed E-state index contributed by atoms with van der Waals surface area (Å²) >= 11 is 0. The first-order valence-electron chi connectivity index (χ1n) is 9.84. The van der Waals surface area contributed by atoms with Crippen molar-refractivity contribution in [2.24, 2.45) is 0 Å². The third-order valence-electron chi connectivity index (χ3n) is 5.47. The molecular weight excluding hydrogens is 312 g/mol. The Labute approximate surface area is 156 Å². The molecular formula is C26H26. The second-order valence-electron chi connectivity index (χ2n) is 7.19. The van der Waals surface area contributed by atoms with Gasteiger partial charge in [-0.1, -0.05) is 105 Å². The Morgan fingerprint density at radius 1 is 0.654 bits per heavy atom. The minimum absolute atomic E-state index is 0.456. The predicted octanol–water partition coefficient (Wildman–Crippen LogP) is 7.71. The molecule has 0 heterocycles. The number of benzene rings is 4. The first-order valence-corrected chi connectivity index (χ1v) is 9.84. The van der Waals surface area contributed by atoms with Gasteiger partial charge in [-0.15, -0.1) is 0 Å². The summed E-state index contributed by atoms with van der Waals surface area (Å²) in [5.41, 5.74) is 2.91. The number of unbranched alkanes of at least 4 members (excludes halogenated alkanes) is 2. The number of hydrogen-bond acceptors (Lipinski definition) is 0. The molecule has 1 atom stereocenters. The van der Waals surface area contributed by atoms with Gasteiger partial charge in [0.05, 0.1) is 0 Å². The van der Waals surface area contributed by atoms with Crippen LogP contribution in [-0.2, 0) is 0 Å². The average Bonchev–Trinajstić information content (AvgIpc) is 2.71. The molecule has 0 fully saturated rings. The zero-order valence-corrected chi connectivity index (χ0v) is 15.5. The maximum atomic E-state index is 2.43. The van der Waals surface area contributed by atoms with Gasteiger partial charge in [0.2, 0.25) is 0 Å². The van der Waals surface area contributed by atoms with Crippen molar-refractivity contribution in [3.8, 4) is 0 Å². The van der Waals surface area contributed by atoms with E-state index < -0.39 is 0 Å². The molecule has 4 aromatic rings. The van der Waals surface area contributed by atoms with E-state index >= 15 is 0 Å². The van der Waals surface area contributed by atoms with Crippen LogP contribution in [0.5, 0.6) is 0 Å². The summed E-state index contributed by atoms with van der Waals surface area (Å²) in [5, 5.41) is 5.47. The van der Waals surface area contributed by atoms with Crippen LogP contribution in [0.1, 0.15) is 49.7 Å². The Kier molecular flexibility index (Phi) is 5.02. The van der Waals surface area contributed by atoms with Crippen molar-refractivity contribution in [1.29, 1.82) is 0 Å². The number of fused-ring (bicyclic) bond motifs is 3. The second kappa shape index (κ2) is 7.74. The monoisotopic (exact) mass is 338 g/mol. The molecule has 26 heavy (non-hydrogen) atoms. The van der Waals surface area contributed by atoms with Crippen molar-refractivity contribution in [2.45, 2.75) is 38.5 Å². The van der Waals surface area contributed by atoms with Crippen LogP contribution in [-0.4, -0.2) is 0 Å². The summed E-state index contributed by atoms with van der Waals surface area (Å²) in [5.74, 6) is 0.456. The molecule has 0 aliphatic heterocycles. The van der Waals surface area contributed by atoms with Gasteiger partial charge in [-0.25, -0.2) is 0 Å². The highest BCUT2D eigenvalue weighted by molar-refractivity contribution is 6.09. The molecule has 4 rings (SSSR count). The molecule has 1 unspecified atom stereocenters. The Balaban J connectivity index is 1.92. The summed E-state index contributed by atoms with van der Waals surface area (Å²) in [4.78, 5) is 0. The van der Waals surface area contributed by atoms with E-state index in [2.05, 4.69) is 91.9 Å². The lowest BCUT2D eigenvalue weighted by Crippen LogP contribution is -2.03. The van der Waals surface area contributed by atoms with E-state index in [0.29, 0.717) is 5.92 Å². The Morgan fingerprint density at radius 3 is 2.08 bits per heavy atom. The molecule has 130 valence electrons. The summed E-state index contributed by atoms with van der Waals surface area (Å²) in [6, 6.07) is 31.2. The third-order valence-corrected chi connectivity index (χ3v) is 5.47. The van der Waals surface area contributed by atoms with Gasteiger partial charge in [0.25, 0.3) is 0 Å². The second-order valence-corrected chi connectivity index (χ2v) is 7.19. The molecule has 0 bridgehead atoms. The first kappa shape index (κ1) is 16.8. The standard InChI is InChI=1S/C26H26/c1-2-3-5-15-22(20-12-6-4-7-13-20)26-19-21-14-8-9-16-23(21)24-17-10-11-18-25(24)26/h4,6-14,16-19,22H,2-3,5,15H2,1H3. The zero-order chi connectivity index (χ0) is 17.8. The lowest BCUT2D eigenvalue weighted by molar-refractivity contribution is 0.621. The van der Waals surface area contributed by atoms with E-state index in [-0.39, 0.29) is 0 Å². The van der Waals surface area contributed by atoms with Crippen molar-refractivity contribution in [3.05, 3.63) is 96.1 Å². The van der Waals surface area contributed by atoms with E-state index in [0.717, 1.165) is 0 Å². The molecule has 0 aliphatic rings. The van der Waals surface area contributed by atoms with Gasteiger partial charge in [-0.3, -0.25) is 0 Å². The third kappa shape index (κ3) is 3.24. The molecule has 0 nitrogen and oxygen atoms in total. The minimum atomic E-state index is 0.456. The highest BCUT2D eigenvalue weighted by Gasteiger charge is 2.17. The van der Waals surface area contributed by atoms with Gasteiger partial charge >= 0.3 is 0 Å². The summed E-state index contributed by atoms with van der Waals surface area (Å²) in [7, 11) is 0. The topological polar surface area (TPSA) is 0 Å². The van der Waals surface area contributed by atoms with Crippen LogP contribution in [0.2, 0.25) is 0 Å². The fraction of sp³-hybridized carbons (Fsp3) is 0.231. The largest absolute Gasteiger partial charge is 0.0654 e. The van der Waals surface area contributed by atoms with Gasteiger partial charge < -0.3 is 0 Å². The van der Waals surface area contributed by atoms with Gasteiger partial charge in [0.1, 0.15) is 0 Å². The highest BCUT2D eigenvalue weighted by Crippen LogP contribution is 2.38. The van der Waals surface area contributed by atoms with E-state index in [1.54, 1.807) is 0 Å². The summed E-state index contributed by atoms with van der Waals surface area (Å²) in [6.45, 7) is 2.28. The SMILES string of the molecule is CCCCCC(c1ccccc1)c1cc2ccccc2c2ccccc12. The van der Waals surface area contributed by atoms with Crippen molar-refractivity contribution in [3.63, 3.8) is 0 Å². The minimum Gasteiger partial charge on any atom is -0.0654 e. The molecule has 0 aliphatic carbocycles. The van der Waals surface area contributed by atoms with Crippen molar-refractivity contribution < 1.29 is 0 Å². The number of rotatable bonds is 6. The van der Waals surface area contributed by atoms with Gasteiger partial charge in [-0.05, 0) is 45.2 Å². The molecule has 0 heteroatoms. The van der Waals surface area contributed by atoms with Crippen LogP contribution in [0.3, 0.4) is 0 Å². The molecule has 0 spiro atoms. The van der Waals surface area contributed by atoms with E-state index in [9.17, 15) is 0 Å². The molecule has 4 aromatic carbocycles. The van der Waals surface area contributed by atoms with Crippen molar-refractivity contribution >= 4 is 21.5 Å². The van der Waals surface area contributed by atoms with Crippen LogP contribution >= 0.6 is 0 Å². The maximum Gasteiger partial charge on any atom is 0.00957 e. The van der Waals surface area contributed by atoms with E-state index in [1.165, 1.54) is 58.4 Å². The predicted molar refractivity (Wildman–Crippen MR) is 114 cm³/mol. The van der Waals surface area contributed by atoms with E-state index in [4.69, 9.17) is 0 Å². The normalized spacial score (nSPS) is 12.5. The van der Waals surface area contributed by atoms with Gasteiger partial charge in [-0.2, -0.15) is 0 Å². The smallest absolute Gasteiger partial charge is 0.00957 e.